The molecular weight excluding hydrogens is 322 g/mol. The number of hydrogen-bond acceptors (Lipinski definition) is 4. The summed E-state index contributed by atoms with van der Waals surface area (Å²) in [6.07, 6.45) is 1.16. The molecule has 0 saturated carbocycles. The van der Waals surface area contributed by atoms with Crippen molar-refractivity contribution in [2.75, 3.05) is 13.2 Å². The molecule has 0 aliphatic rings. The van der Waals surface area contributed by atoms with Crippen LogP contribution in [-0.4, -0.2) is 29.0 Å². The second-order valence-electron chi connectivity index (χ2n) is 5.88. The quantitative estimate of drug-likeness (QED) is 0.625. The summed E-state index contributed by atoms with van der Waals surface area (Å²) < 4.78 is 5.61. The molecule has 0 spiro atoms. The van der Waals surface area contributed by atoms with E-state index in [0.717, 1.165) is 11.3 Å². The molecule has 1 aromatic heterocycles. The van der Waals surface area contributed by atoms with Crippen molar-refractivity contribution in [1.29, 1.82) is 0 Å². The summed E-state index contributed by atoms with van der Waals surface area (Å²) in [4.78, 5) is 39.4. The lowest BCUT2D eigenvalue weighted by Gasteiger charge is -2.08. The maximum absolute atomic E-state index is 11.8. The zero-order valence-electron chi connectivity index (χ0n) is 14.5. The number of carbonyl (C=O) groups is 1. The van der Waals surface area contributed by atoms with E-state index in [9.17, 15) is 14.4 Å². The molecule has 7 heteroatoms. The number of aromatic nitrogens is 2. The molecule has 3 N–H and O–H groups in total. The van der Waals surface area contributed by atoms with Crippen molar-refractivity contribution in [3.05, 3.63) is 61.9 Å². The van der Waals surface area contributed by atoms with Crippen LogP contribution in [0.25, 0.3) is 0 Å². The van der Waals surface area contributed by atoms with Crippen LogP contribution in [0.1, 0.15) is 29.7 Å². The van der Waals surface area contributed by atoms with E-state index < -0.39 is 11.2 Å². The topological polar surface area (TPSA) is 104 Å². The lowest BCUT2D eigenvalue weighted by Crippen LogP contribution is -2.29. The molecule has 134 valence electrons. The number of rotatable bonds is 8. The van der Waals surface area contributed by atoms with Crippen molar-refractivity contribution in [2.45, 2.75) is 33.1 Å². The van der Waals surface area contributed by atoms with E-state index in [1.807, 2.05) is 31.2 Å². The molecule has 0 radical (unpaired) electrons. The van der Waals surface area contributed by atoms with Crippen molar-refractivity contribution < 1.29 is 9.53 Å². The van der Waals surface area contributed by atoms with Crippen LogP contribution in [-0.2, 0) is 11.2 Å². The van der Waals surface area contributed by atoms with Gasteiger partial charge in [0.05, 0.1) is 6.61 Å². The first kappa shape index (κ1) is 18.5. The molecule has 0 aliphatic carbocycles. The van der Waals surface area contributed by atoms with Crippen LogP contribution in [0, 0.1) is 13.8 Å². The van der Waals surface area contributed by atoms with Crippen LogP contribution < -0.4 is 21.3 Å². The maximum atomic E-state index is 11.8. The van der Waals surface area contributed by atoms with Gasteiger partial charge in [-0.2, -0.15) is 0 Å². The van der Waals surface area contributed by atoms with E-state index >= 15 is 0 Å². The summed E-state index contributed by atoms with van der Waals surface area (Å²) in [5, 5.41) is 2.80. The van der Waals surface area contributed by atoms with Gasteiger partial charge in [-0.05, 0) is 44.4 Å². The molecular formula is C18H23N3O4. The highest BCUT2D eigenvalue weighted by Crippen LogP contribution is 2.12. The lowest BCUT2D eigenvalue weighted by molar-refractivity contribution is -0.121. The van der Waals surface area contributed by atoms with E-state index in [1.54, 1.807) is 6.92 Å². The molecule has 1 aromatic carbocycles. The summed E-state index contributed by atoms with van der Waals surface area (Å²) in [6.45, 7) is 4.67. The van der Waals surface area contributed by atoms with Crippen LogP contribution >= 0.6 is 0 Å². The van der Waals surface area contributed by atoms with Crippen LogP contribution in [0.5, 0.6) is 5.75 Å². The molecule has 25 heavy (non-hydrogen) atoms. The molecule has 0 bridgehead atoms. The Kier molecular flexibility index (Phi) is 6.56. The fourth-order valence-electron chi connectivity index (χ4n) is 2.45. The minimum absolute atomic E-state index is 0.138. The van der Waals surface area contributed by atoms with Crippen LogP contribution in [0.2, 0.25) is 0 Å². The Hall–Kier alpha value is -2.83. The number of nitrogens with one attached hydrogen (secondary N) is 3. The SMILES string of the molecule is Cc1cccc(OCCCNC(=O)CCc2c(C)[nH]c(=O)[nH]c2=O)c1. The molecule has 7 nitrogen and oxygen atoms in total. The van der Waals surface area contributed by atoms with Crippen molar-refractivity contribution >= 4 is 5.91 Å². The normalized spacial score (nSPS) is 10.5. The molecule has 0 aliphatic heterocycles. The van der Waals surface area contributed by atoms with Crippen molar-refractivity contribution in [3.8, 4) is 5.75 Å². The Labute approximate surface area is 145 Å². The van der Waals surface area contributed by atoms with Gasteiger partial charge in [0.1, 0.15) is 5.75 Å². The number of amides is 1. The standard InChI is InChI=1S/C18H23N3O4/c1-12-5-3-6-14(11-12)25-10-4-9-19-16(22)8-7-15-13(2)20-18(24)21-17(15)23/h3,5-6,11H,4,7-10H2,1-2H3,(H,19,22)(H2,20,21,23,24). The fourth-order valence-corrected chi connectivity index (χ4v) is 2.45. The predicted octanol–water partition coefficient (Wildman–Crippen LogP) is 1.20. The summed E-state index contributed by atoms with van der Waals surface area (Å²) in [7, 11) is 0. The molecule has 2 rings (SSSR count). The van der Waals surface area contributed by atoms with Crippen molar-refractivity contribution in [2.24, 2.45) is 0 Å². The Balaban J connectivity index is 1.68. The summed E-state index contributed by atoms with van der Waals surface area (Å²) in [5.41, 5.74) is 1.08. The number of carbonyl (C=O) groups excluding carboxylic acids is 1. The molecule has 0 fully saturated rings. The Bertz CT molecular complexity index is 839. The third-order valence-corrected chi connectivity index (χ3v) is 3.76. The zero-order chi connectivity index (χ0) is 18.2. The minimum atomic E-state index is -0.538. The zero-order valence-corrected chi connectivity index (χ0v) is 14.5. The van der Waals surface area contributed by atoms with E-state index in [1.165, 1.54) is 0 Å². The van der Waals surface area contributed by atoms with Gasteiger partial charge in [0.2, 0.25) is 5.91 Å². The lowest BCUT2D eigenvalue weighted by atomic mass is 10.1. The first-order valence-electron chi connectivity index (χ1n) is 8.24. The van der Waals surface area contributed by atoms with Gasteiger partial charge in [-0.1, -0.05) is 12.1 Å². The number of H-pyrrole nitrogens is 2. The van der Waals surface area contributed by atoms with E-state index in [-0.39, 0.29) is 18.7 Å². The second-order valence-corrected chi connectivity index (χ2v) is 5.88. The van der Waals surface area contributed by atoms with Gasteiger partial charge >= 0.3 is 5.69 Å². The van der Waals surface area contributed by atoms with E-state index in [4.69, 9.17) is 4.74 Å². The first-order valence-corrected chi connectivity index (χ1v) is 8.24. The maximum Gasteiger partial charge on any atom is 0.325 e. The van der Waals surface area contributed by atoms with E-state index in [2.05, 4.69) is 15.3 Å². The molecule has 1 heterocycles. The molecule has 1 amide bonds. The third-order valence-electron chi connectivity index (χ3n) is 3.76. The van der Waals surface area contributed by atoms with Gasteiger partial charge in [0.25, 0.3) is 5.56 Å². The average Bonchev–Trinajstić information content (AvgIpc) is 2.53. The monoisotopic (exact) mass is 345 g/mol. The van der Waals surface area contributed by atoms with Gasteiger partial charge < -0.3 is 15.0 Å². The van der Waals surface area contributed by atoms with Crippen molar-refractivity contribution in [3.63, 3.8) is 0 Å². The minimum Gasteiger partial charge on any atom is -0.494 e. The highest BCUT2D eigenvalue weighted by atomic mass is 16.5. The highest BCUT2D eigenvalue weighted by molar-refractivity contribution is 5.76. The smallest absolute Gasteiger partial charge is 0.325 e. The Morgan fingerprint density at radius 2 is 2.00 bits per heavy atom. The summed E-state index contributed by atoms with van der Waals surface area (Å²) in [6, 6.07) is 7.80. The predicted molar refractivity (Wildman–Crippen MR) is 95.0 cm³/mol. The Morgan fingerprint density at radius 3 is 2.72 bits per heavy atom. The number of aryl methyl sites for hydroxylation is 2. The van der Waals surface area contributed by atoms with Gasteiger partial charge in [0, 0.05) is 24.2 Å². The fraction of sp³-hybridized carbons (Fsp3) is 0.389. The summed E-state index contributed by atoms with van der Waals surface area (Å²) in [5.74, 6) is 0.680. The van der Waals surface area contributed by atoms with Gasteiger partial charge in [-0.25, -0.2) is 4.79 Å². The number of benzene rings is 1. The molecule has 0 atom stereocenters. The van der Waals surface area contributed by atoms with Gasteiger partial charge in [-0.3, -0.25) is 14.6 Å². The first-order chi connectivity index (χ1) is 12.0. The largest absolute Gasteiger partial charge is 0.494 e. The molecule has 2 aromatic rings. The number of ether oxygens (including phenoxy) is 1. The molecule has 0 saturated heterocycles. The van der Waals surface area contributed by atoms with Crippen LogP contribution in [0.3, 0.4) is 0 Å². The number of hydrogen-bond donors (Lipinski definition) is 3. The highest BCUT2D eigenvalue weighted by Gasteiger charge is 2.08. The second kappa shape index (κ2) is 8.86. The van der Waals surface area contributed by atoms with Gasteiger partial charge in [-0.15, -0.1) is 0 Å². The van der Waals surface area contributed by atoms with E-state index in [0.29, 0.717) is 30.8 Å². The average molecular weight is 345 g/mol. The summed E-state index contributed by atoms with van der Waals surface area (Å²) >= 11 is 0. The van der Waals surface area contributed by atoms with Gasteiger partial charge in [0.15, 0.2) is 0 Å². The van der Waals surface area contributed by atoms with Crippen LogP contribution in [0.15, 0.2) is 33.9 Å². The third kappa shape index (κ3) is 5.95. The Morgan fingerprint density at radius 1 is 1.20 bits per heavy atom. The van der Waals surface area contributed by atoms with Crippen LogP contribution in [0.4, 0.5) is 0 Å². The van der Waals surface area contributed by atoms with Crippen molar-refractivity contribution in [1.82, 2.24) is 15.3 Å². The number of aromatic amines is 2. The molecule has 0 unspecified atom stereocenters.